The van der Waals surface area contributed by atoms with Gasteiger partial charge in [-0.15, -0.1) is 0 Å². The third-order valence-corrected chi connectivity index (χ3v) is 2.47. The zero-order valence-corrected chi connectivity index (χ0v) is 9.32. The van der Waals surface area contributed by atoms with Crippen LogP contribution in [-0.4, -0.2) is 5.71 Å². The first-order valence-electron chi connectivity index (χ1n) is 5.38. The Labute approximate surface area is 82.7 Å². The number of unbranched alkanes of at least 4 members (excludes halogenated alkanes) is 2. The van der Waals surface area contributed by atoms with Gasteiger partial charge in [0.25, 0.3) is 0 Å². The monoisotopic (exact) mass is 181 g/mol. The number of hydrogen-bond acceptors (Lipinski definition) is 1. The van der Waals surface area contributed by atoms with Gasteiger partial charge in [0.2, 0.25) is 0 Å². The fraction of sp³-hybridized carbons (Fsp3) is 0.750. The first kappa shape index (κ1) is 12.4. The molecule has 1 heteroatoms. The molecule has 0 fully saturated rings. The molecule has 1 N–H and O–H groups in total. The predicted molar refractivity (Wildman–Crippen MR) is 60.5 cm³/mol. The first-order valence-corrected chi connectivity index (χ1v) is 5.38. The summed E-state index contributed by atoms with van der Waals surface area (Å²) in [4.78, 5) is 0. The lowest BCUT2D eigenvalue weighted by molar-refractivity contribution is 0.689. The summed E-state index contributed by atoms with van der Waals surface area (Å²) in [5.41, 5.74) is 2.40. The van der Waals surface area contributed by atoms with Gasteiger partial charge < -0.3 is 5.41 Å². The highest BCUT2D eigenvalue weighted by atomic mass is 14.4. The minimum atomic E-state index is 0.905. The lowest BCUT2D eigenvalue weighted by Crippen LogP contribution is -1.92. The molecule has 0 unspecified atom stereocenters. The van der Waals surface area contributed by atoms with Gasteiger partial charge in [-0.05, 0) is 46.0 Å². The van der Waals surface area contributed by atoms with Crippen LogP contribution >= 0.6 is 0 Å². The summed E-state index contributed by atoms with van der Waals surface area (Å²) in [5, 5.41) is 7.48. The molecule has 0 aromatic carbocycles. The van der Waals surface area contributed by atoms with E-state index in [4.69, 9.17) is 5.41 Å². The molecule has 0 amide bonds. The Balaban J connectivity index is 3.22. The standard InChI is InChI=1S/C12H23N/c1-4-11(3)9-7-6-8-10-12(13)5-2/h4,13H,5-10H2,1-3H3. The maximum absolute atomic E-state index is 7.48. The molecule has 0 aromatic heterocycles. The van der Waals surface area contributed by atoms with E-state index in [1.54, 1.807) is 0 Å². The van der Waals surface area contributed by atoms with Crippen LogP contribution in [-0.2, 0) is 0 Å². The van der Waals surface area contributed by atoms with E-state index < -0.39 is 0 Å². The summed E-state index contributed by atoms with van der Waals surface area (Å²) in [6.07, 6.45) is 9.10. The molecule has 0 aromatic rings. The van der Waals surface area contributed by atoms with Crippen molar-refractivity contribution in [3.8, 4) is 0 Å². The fourth-order valence-corrected chi connectivity index (χ4v) is 1.24. The van der Waals surface area contributed by atoms with E-state index in [1.807, 2.05) is 0 Å². The maximum Gasteiger partial charge on any atom is 0.00864 e. The Hall–Kier alpha value is -0.590. The summed E-state index contributed by atoms with van der Waals surface area (Å²) in [6, 6.07) is 0. The summed E-state index contributed by atoms with van der Waals surface area (Å²) >= 11 is 0. The third kappa shape index (κ3) is 7.76. The average Bonchev–Trinajstić information content (AvgIpc) is 2.16. The van der Waals surface area contributed by atoms with Gasteiger partial charge >= 0.3 is 0 Å². The minimum absolute atomic E-state index is 0.905. The van der Waals surface area contributed by atoms with Crippen molar-refractivity contribution in [1.82, 2.24) is 0 Å². The van der Waals surface area contributed by atoms with Gasteiger partial charge in [0.1, 0.15) is 0 Å². The van der Waals surface area contributed by atoms with Gasteiger partial charge in [-0.2, -0.15) is 0 Å². The minimum Gasteiger partial charge on any atom is -0.310 e. The van der Waals surface area contributed by atoms with Crippen molar-refractivity contribution in [3.63, 3.8) is 0 Å². The van der Waals surface area contributed by atoms with Crippen LogP contribution in [0.15, 0.2) is 11.6 Å². The van der Waals surface area contributed by atoms with Crippen LogP contribution in [0.5, 0.6) is 0 Å². The topological polar surface area (TPSA) is 23.9 Å². The van der Waals surface area contributed by atoms with E-state index in [1.165, 1.54) is 31.3 Å². The molecule has 0 radical (unpaired) electrons. The molecule has 13 heavy (non-hydrogen) atoms. The van der Waals surface area contributed by atoms with Crippen molar-refractivity contribution in [2.45, 2.75) is 59.3 Å². The van der Waals surface area contributed by atoms with Gasteiger partial charge in [0.05, 0.1) is 0 Å². The molecule has 0 spiro atoms. The van der Waals surface area contributed by atoms with E-state index in [9.17, 15) is 0 Å². The second kappa shape index (κ2) is 8.03. The molecule has 1 nitrogen and oxygen atoms in total. The van der Waals surface area contributed by atoms with Crippen LogP contribution in [0.2, 0.25) is 0 Å². The summed E-state index contributed by atoms with van der Waals surface area (Å²) in [7, 11) is 0. The average molecular weight is 181 g/mol. The van der Waals surface area contributed by atoms with E-state index >= 15 is 0 Å². The molecule has 0 aliphatic rings. The van der Waals surface area contributed by atoms with Crippen molar-refractivity contribution in [2.24, 2.45) is 0 Å². The molecule has 76 valence electrons. The van der Waals surface area contributed by atoms with Crippen LogP contribution < -0.4 is 0 Å². The Bertz CT molecular complexity index is 168. The number of hydrogen-bond donors (Lipinski definition) is 1. The Kier molecular flexibility index (Phi) is 7.66. The van der Waals surface area contributed by atoms with Crippen LogP contribution in [0.3, 0.4) is 0 Å². The van der Waals surface area contributed by atoms with Crippen LogP contribution in [0.4, 0.5) is 0 Å². The van der Waals surface area contributed by atoms with Gasteiger partial charge in [0.15, 0.2) is 0 Å². The van der Waals surface area contributed by atoms with Crippen LogP contribution in [0, 0.1) is 5.41 Å². The lowest BCUT2D eigenvalue weighted by atomic mass is 10.1. The Morgan fingerprint density at radius 1 is 1.15 bits per heavy atom. The molecular weight excluding hydrogens is 158 g/mol. The molecule has 0 saturated carbocycles. The fourth-order valence-electron chi connectivity index (χ4n) is 1.24. The highest BCUT2D eigenvalue weighted by Gasteiger charge is 1.94. The highest BCUT2D eigenvalue weighted by Crippen LogP contribution is 2.09. The largest absolute Gasteiger partial charge is 0.310 e. The molecule has 0 atom stereocenters. The zero-order valence-electron chi connectivity index (χ0n) is 9.32. The molecular formula is C12H23N. The van der Waals surface area contributed by atoms with Crippen LogP contribution in [0.1, 0.15) is 59.3 Å². The van der Waals surface area contributed by atoms with Crippen molar-refractivity contribution in [2.75, 3.05) is 0 Å². The Morgan fingerprint density at radius 3 is 2.31 bits per heavy atom. The number of rotatable bonds is 7. The van der Waals surface area contributed by atoms with Crippen LogP contribution in [0.25, 0.3) is 0 Å². The van der Waals surface area contributed by atoms with Gasteiger partial charge in [0, 0.05) is 5.71 Å². The number of allylic oxidation sites excluding steroid dienone is 2. The molecule has 0 heterocycles. The normalized spacial score (nSPS) is 11.8. The molecule has 0 bridgehead atoms. The summed E-state index contributed by atoms with van der Waals surface area (Å²) in [5.74, 6) is 0. The maximum atomic E-state index is 7.48. The van der Waals surface area contributed by atoms with Crippen molar-refractivity contribution < 1.29 is 0 Å². The quantitative estimate of drug-likeness (QED) is 0.343. The third-order valence-electron chi connectivity index (χ3n) is 2.47. The SMILES string of the molecule is CC=C(C)CCCCCC(=N)CC. The van der Waals surface area contributed by atoms with E-state index in [2.05, 4.69) is 26.8 Å². The summed E-state index contributed by atoms with van der Waals surface area (Å²) in [6.45, 7) is 6.35. The highest BCUT2D eigenvalue weighted by molar-refractivity contribution is 5.80. The zero-order chi connectivity index (χ0) is 10.1. The van der Waals surface area contributed by atoms with Gasteiger partial charge in [-0.3, -0.25) is 0 Å². The van der Waals surface area contributed by atoms with Crippen molar-refractivity contribution in [3.05, 3.63) is 11.6 Å². The van der Waals surface area contributed by atoms with E-state index in [-0.39, 0.29) is 0 Å². The van der Waals surface area contributed by atoms with Crippen molar-refractivity contribution in [1.29, 1.82) is 5.41 Å². The molecule has 0 aliphatic carbocycles. The lowest BCUT2D eigenvalue weighted by Gasteiger charge is -2.01. The predicted octanol–water partition coefficient (Wildman–Crippen LogP) is 4.33. The van der Waals surface area contributed by atoms with E-state index in [0.717, 1.165) is 18.6 Å². The second-order valence-electron chi connectivity index (χ2n) is 3.65. The number of nitrogens with one attached hydrogen (secondary N) is 1. The molecule has 0 rings (SSSR count). The summed E-state index contributed by atoms with van der Waals surface area (Å²) < 4.78 is 0. The van der Waals surface area contributed by atoms with Crippen molar-refractivity contribution >= 4 is 5.71 Å². The van der Waals surface area contributed by atoms with Gasteiger partial charge in [-0.1, -0.05) is 25.0 Å². The Morgan fingerprint density at radius 2 is 1.77 bits per heavy atom. The second-order valence-corrected chi connectivity index (χ2v) is 3.65. The van der Waals surface area contributed by atoms with Gasteiger partial charge in [-0.25, -0.2) is 0 Å². The smallest absolute Gasteiger partial charge is 0.00864 e. The first-order chi connectivity index (χ1) is 6.20. The van der Waals surface area contributed by atoms with E-state index in [0.29, 0.717) is 0 Å². The molecule has 0 aliphatic heterocycles. The molecule has 0 saturated heterocycles.